The fourth-order valence-electron chi connectivity index (χ4n) is 9.10. The minimum Gasteiger partial charge on any atom is -0.462 e. The average Bonchev–Trinajstić information content (AvgIpc) is 3.13. The van der Waals surface area contributed by atoms with Gasteiger partial charge in [-0.15, -0.1) is 0 Å². The van der Waals surface area contributed by atoms with Crippen LogP contribution in [-0.2, 0) is 47.5 Å². The van der Waals surface area contributed by atoms with Crippen LogP contribution < -0.4 is 0 Å². The van der Waals surface area contributed by atoms with Gasteiger partial charge in [-0.2, -0.15) is 0 Å². The van der Waals surface area contributed by atoms with Crippen LogP contribution in [-0.4, -0.2) is 181 Å². The van der Waals surface area contributed by atoms with Gasteiger partial charge in [-0.05, 0) is 93.9 Å². The Morgan fingerprint density at radius 1 is 0.864 bits per heavy atom. The molecule has 59 heavy (non-hydrogen) atoms. The molecule has 4 aliphatic rings. The zero-order valence-electron chi connectivity index (χ0n) is 37.0. The van der Waals surface area contributed by atoms with Crippen LogP contribution in [0.25, 0.3) is 0 Å². The Hall–Kier alpha value is -1.90. The number of cyclic esters (lactones) is 1. The lowest BCUT2D eigenvalue weighted by Crippen LogP contribution is -2.65. The summed E-state index contributed by atoms with van der Waals surface area (Å²) in [4.78, 5) is 29.5. The van der Waals surface area contributed by atoms with Gasteiger partial charge in [-0.25, -0.2) is 0 Å². The van der Waals surface area contributed by atoms with E-state index in [1.165, 1.54) is 14.0 Å². The molecule has 4 heterocycles. The molecule has 4 rings (SSSR count). The molecule has 0 saturated carbocycles. The third kappa shape index (κ3) is 13.3. The molecule has 0 aliphatic carbocycles. The summed E-state index contributed by atoms with van der Waals surface area (Å²) >= 11 is 0. The summed E-state index contributed by atoms with van der Waals surface area (Å²) in [7, 11) is 9.03. The molecular weight excluding hydrogens is 768 g/mol. The molecule has 0 amide bonds. The van der Waals surface area contributed by atoms with E-state index >= 15 is 0 Å². The van der Waals surface area contributed by atoms with Crippen LogP contribution in [0.3, 0.4) is 0 Å². The van der Waals surface area contributed by atoms with Crippen LogP contribution in [0.15, 0.2) is 24.3 Å². The zero-order chi connectivity index (χ0) is 43.8. The number of esters is 1. The monoisotopic (exact) mass is 843 g/mol. The number of carbonyl (C=O) groups is 2. The second-order valence-electron chi connectivity index (χ2n) is 17.8. The number of aliphatic hydroxyl groups is 4. The first-order chi connectivity index (χ1) is 27.8. The first-order valence-corrected chi connectivity index (χ1v) is 21.3. The first kappa shape index (κ1) is 49.8. The molecule has 3 fully saturated rings. The minimum atomic E-state index is -1.47. The van der Waals surface area contributed by atoms with Crippen molar-refractivity contribution in [2.24, 2.45) is 11.8 Å². The van der Waals surface area contributed by atoms with Crippen molar-refractivity contribution in [3.63, 3.8) is 0 Å². The molecule has 3 saturated heterocycles. The molecule has 0 bridgehead atoms. The van der Waals surface area contributed by atoms with Gasteiger partial charge >= 0.3 is 5.97 Å². The van der Waals surface area contributed by atoms with E-state index < -0.39 is 110 Å². The van der Waals surface area contributed by atoms with Gasteiger partial charge in [0.25, 0.3) is 0 Å². The van der Waals surface area contributed by atoms with Gasteiger partial charge in [-0.3, -0.25) is 4.79 Å². The zero-order valence-corrected chi connectivity index (χ0v) is 37.0. The van der Waals surface area contributed by atoms with E-state index in [1.54, 1.807) is 39.8 Å². The molecule has 12 unspecified atom stereocenters. The van der Waals surface area contributed by atoms with Crippen LogP contribution in [0.5, 0.6) is 0 Å². The van der Waals surface area contributed by atoms with Crippen molar-refractivity contribution in [1.82, 2.24) is 9.80 Å². The fraction of sp³-hybridized carbons (Fsp3) is 0.860. The Morgan fingerprint density at radius 3 is 2.17 bits per heavy atom. The van der Waals surface area contributed by atoms with E-state index in [4.69, 9.17) is 37.9 Å². The normalized spacial score (nSPS) is 45.8. The third-order valence-corrected chi connectivity index (χ3v) is 12.4. The number of likely N-dealkylation sites (N-methyl/N-ethyl adjacent to an activating group) is 2. The predicted octanol–water partition coefficient (Wildman–Crippen LogP) is 2.33. The second-order valence-corrected chi connectivity index (χ2v) is 17.8. The number of hydrogen-bond donors (Lipinski definition) is 4. The van der Waals surface area contributed by atoms with E-state index in [2.05, 4.69) is 4.90 Å². The smallest absolute Gasteiger partial charge is 0.308 e. The molecule has 16 heteroatoms. The highest BCUT2D eigenvalue weighted by molar-refractivity contribution is 5.70. The second kappa shape index (κ2) is 22.5. The minimum absolute atomic E-state index is 0.00885. The highest BCUT2D eigenvalue weighted by atomic mass is 16.7. The number of hydrogen-bond acceptors (Lipinski definition) is 16. The highest BCUT2D eigenvalue weighted by Gasteiger charge is 2.52. The number of rotatable bonds is 11. The fourth-order valence-corrected chi connectivity index (χ4v) is 9.10. The van der Waals surface area contributed by atoms with Crippen molar-refractivity contribution >= 4 is 12.3 Å². The van der Waals surface area contributed by atoms with Crippen molar-refractivity contribution in [3.05, 3.63) is 24.3 Å². The summed E-state index contributed by atoms with van der Waals surface area (Å²) in [5.41, 5.74) is -1.47. The van der Waals surface area contributed by atoms with Crippen LogP contribution in [0.4, 0.5) is 0 Å². The third-order valence-electron chi connectivity index (χ3n) is 12.4. The topological polar surface area (TPSA) is 195 Å². The molecule has 0 radical (unpaired) electrons. The highest BCUT2D eigenvalue weighted by Crippen LogP contribution is 2.37. The van der Waals surface area contributed by atoms with Crippen molar-refractivity contribution in [2.75, 3.05) is 35.3 Å². The predicted molar refractivity (Wildman–Crippen MR) is 217 cm³/mol. The number of allylic oxidation sites excluding steroid dienone is 2. The number of ether oxygens (including phenoxy) is 8. The van der Waals surface area contributed by atoms with Gasteiger partial charge in [0.1, 0.15) is 36.8 Å². The van der Waals surface area contributed by atoms with E-state index in [9.17, 15) is 30.0 Å². The number of nitrogens with zero attached hydrogens (tertiary/aromatic N) is 2. The molecule has 19 atom stereocenters. The Labute approximate surface area is 351 Å². The van der Waals surface area contributed by atoms with Crippen LogP contribution in [0, 0.1) is 11.8 Å². The Morgan fingerprint density at radius 2 is 1.56 bits per heavy atom. The number of methoxy groups -OCH3 is 1. The summed E-state index contributed by atoms with van der Waals surface area (Å²) in [6.07, 6.45) is -1.56. The van der Waals surface area contributed by atoms with Crippen LogP contribution in [0.2, 0.25) is 0 Å². The molecule has 0 aromatic heterocycles. The molecule has 4 N–H and O–H groups in total. The average molecular weight is 843 g/mol. The number of carbonyl (C=O) groups excluding carboxylic acids is 2. The van der Waals surface area contributed by atoms with E-state index in [0.29, 0.717) is 19.3 Å². The van der Waals surface area contributed by atoms with Crippen molar-refractivity contribution < 1.29 is 67.9 Å². The van der Waals surface area contributed by atoms with Gasteiger partial charge in [0.05, 0.1) is 54.7 Å². The largest absolute Gasteiger partial charge is 0.462 e. The maximum Gasteiger partial charge on any atom is 0.308 e. The lowest BCUT2D eigenvalue weighted by Gasteiger charge is -2.50. The quantitative estimate of drug-likeness (QED) is 0.175. The Kier molecular flexibility index (Phi) is 18.9. The summed E-state index contributed by atoms with van der Waals surface area (Å²) < 4.78 is 50.0. The van der Waals surface area contributed by atoms with Gasteiger partial charge < -0.3 is 72.9 Å². The summed E-state index contributed by atoms with van der Waals surface area (Å²) in [5.74, 6) is -1.47. The maximum atomic E-state index is 13.1. The first-order valence-electron chi connectivity index (χ1n) is 21.3. The van der Waals surface area contributed by atoms with Gasteiger partial charge in [0, 0.05) is 32.4 Å². The molecule has 0 aromatic carbocycles. The molecule has 4 aliphatic heterocycles. The molecule has 16 nitrogen and oxygen atoms in total. The number of aldehydes is 1. The summed E-state index contributed by atoms with van der Waals surface area (Å²) in [6, 6.07) is -0.466. The SMILES string of the molecule is CO[C@@H]1[C@H](OC2OC(C)C(OC3CC(C)(O)C(O)C(C)O3)C(N(C)C)C2O)[C@H](CC=O)C[C@@H](C)[C@@H](OC2CCC(N(C)C)C(C)O2)/C=C/C=C/C[C@@H](C)OC(=O)C[C@H]1O. The Balaban J connectivity index is 1.66. The summed E-state index contributed by atoms with van der Waals surface area (Å²) in [5, 5.41) is 45.1. The molecule has 340 valence electrons. The van der Waals surface area contributed by atoms with Gasteiger partial charge in [0.2, 0.25) is 0 Å². The summed E-state index contributed by atoms with van der Waals surface area (Å²) in [6.45, 7) is 10.8. The van der Waals surface area contributed by atoms with Crippen LogP contribution >= 0.6 is 0 Å². The lowest BCUT2D eigenvalue weighted by molar-refractivity contribution is -0.344. The molecular formula is C43H74N2O14. The lowest BCUT2D eigenvalue weighted by atomic mass is 9.82. The molecule has 0 aromatic rings. The van der Waals surface area contributed by atoms with Crippen molar-refractivity contribution in [2.45, 2.75) is 190 Å². The van der Waals surface area contributed by atoms with Crippen molar-refractivity contribution in [1.29, 1.82) is 0 Å². The van der Waals surface area contributed by atoms with E-state index in [-0.39, 0.29) is 30.9 Å². The number of aliphatic hydroxyl groups excluding tert-OH is 3. The van der Waals surface area contributed by atoms with Crippen LogP contribution in [0.1, 0.15) is 86.5 Å². The van der Waals surface area contributed by atoms with Crippen molar-refractivity contribution in [3.8, 4) is 0 Å². The van der Waals surface area contributed by atoms with E-state index in [0.717, 1.165) is 12.7 Å². The van der Waals surface area contributed by atoms with E-state index in [1.807, 2.05) is 52.2 Å². The van der Waals surface area contributed by atoms with Gasteiger partial charge in [-0.1, -0.05) is 31.2 Å². The van der Waals surface area contributed by atoms with Gasteiger partial charge in [0.15, 0.2) is 18.9 Å². The maximum absolute atomic E-state index is 13.1. The standard InChI is InChI=1S/C43H74N2O14/c1-24-21-29(19-20-46)39(59-42-37(49)36(45(9)10)38(27(4)56-42)58-35-23-43(6,51)41(50)28(5)55-35)40(52-11)31(47)22-33(48)53-25(2)15-13-12-14-16-32(24)57-34-18-17-30(44(7)8)26(3)54-34/h12-14,16,20,24-32,34-42,47,49-51H,15,17-19,21-23H2,1-11H3/b13-12+,16-14+/t24-,25-,26?,27?,28?,29-,30?,31-,32+,34?,35?,36?,37?,38?,39-,40+,41?,42?,43?/m1/s1. The molecule has 0 spiro atoms. The Bertz CT molecular complexity index is 1370.